The first-order valence-electron chi connectivity index (χ1n) is 9.25. The molecule has 0 radical (unpaired) electrons. The molecule has 1 aromatic rings. The molecule has 4 atom stereocenters. The molecule has 0 aromatic heterocycles. The predicted octanol–water partition coefficient (Wildman–Crippen LogP) is 0.880. The van der Waals surface area contributed by atoms with Gasteiger partial charge >= 0.3 is 18.1 Å². The van der Waals surface area contributed by atoms with E-state index in [2.05, 4.69) is 5.32 Å². The lowest BCUT2D eigenvalue weighted by molar-refractivity contribution is -0.180. The molecule has 13 heteroatoms. The quantitative estimate of drug-likeness (QED) is 0.324. The number of hydrogen-bond donors (Lipinski definition) is 3. The zero-order chi connectivity index (χ0) is 24.2. The summed E-state index contributed by atoms with van der Waals surface area (Å²) in [5.74, 6) is -4.36. The fraction of sp³-hybridized carbons (Fsp3) is 0.474. The molecule has 2 heterocycles. The average Bonchev–Trinajstić information content (AvgIpc) is 2.98. The van der Waals surface area contributed by atoms with Gasteiger partial charge in [0.15, 0.2) is 0 Å². The van der Waals surface area contributed by atoms with E-state index < -0.39 is 63.2 Å². The molecule has 0 spiro atoms. The van der Waals surface area contributed by atoms with Crippen LogP contribution in [-0.4, -0.2) is 62.6 Å². The molecule has 2 unspecified atom stereocenters. The number of thioether (sulfide) groups is 1. The van der Waals surface area contributed by atoms with Crippen LogP contribution in [0.15, 0.2) is 24.3 Å². The molecule has 174 valence electrons. The molecule has 2 aliphatic heterocycles. The zero-order valence-electron chi connectivity index (χ0n) is 17.1. The van der Waals surface area contributed by atoms with Crippen LogP contribution in [-0.2, 0) is 30.1 Å². The smallest absolute Gasteiger partial charge is 0.416 e. The van der Waals surface area contributed by atoms with Gasteiger partial charge in [0, 0.05) is 4.75 Å². The summed E-state index contributed by atoms with van der Waals surface area (Å²) in [7, 11) is 1.00. The second-order valence-corrected chi connectivity index (χ2v) is 9.65. The van der Waals surface area contributed by atoms with E-state index in [1.54, 1.807) is 13.8 Å². The van der Waals surface area contributed by atoms with Crippen molar-refractivity contribution in [1.29, 1.82) is 0 Å². The number of rotatable bonds is 5. The second kappa shape index (κ2) is 7.66. The van der Waals surface area contributed by atoms with Crippen molar-refractivity contribution in [2.45, 2.75) is 47.8 Å². The first-order chi connectivity index (χ1) is 14.7. The zero-order valence-corrected chi connectivity index (χ0v) is 17.9. The summed E-state index contributed by atoms with van der Waals surface area (Å²) in [6.07, 6.45) is -4.57. The fourth-order valence-corrected chi connectivity index (χ4v) is 5.56. The number of methoxy groups -OCH3 is 1. The Labute approximate surface area is 184 Å². The van der Waals surface area contributed by atoms with Crippen LogP contribution in [0.3, 0.4) is 0 Å². The maximum atomic E-state index is 13.0. The van der Waals surface area contributed by atoms with Crippen molar-refractivity contribution in [3.63, 3.8) is 0 Å². The molecule has 4 N–H and O–H groups in total. The Hall–Kier alpha value is -2.80. The monoisotopic (exact) mass is 475 g/mol. The number of nitrogens with one attached hydrogen (secondary N) is 1. The molecule has 0 saturated carbocycles. The van der Waals surface area contributed by atoms with E-state index in [1.165, 1.54) is 0 Å². The molecule has 2 saturated heterocycles. The SMILES string of the molecule is COC(=O)C1(NC(=O)C(N)c2ccc(C(F)(F)F)cc2)C(=O)N2[C@@H](C(=O)O)C(C)(C)S[C@@H]21. The number of carboxylic acid groups (broad SMARTS) is 1. The lowest BCUT2D eigenvalue weighted by atomic mass is 9.84. The van der Waals surface area contributed by atoms with Gasteiger partial charge in [-0.05, 0) is 31.5 Å². The number of fused-ring (bicyclic) bond motifs is 1. The Morgan fingerprint density at radius 1 is 1.25 bits per heavy atom. The highest BCUT2D eigenvalue weighted by atomic mass is 32.2. The summed E-state index contributed by atoms with van der Waals surface area (Å²) in [4.78, 5) is 51.1. The van der Waals surface area contributed by atoms with E-state index in [-0.39, 0.29) is 5.56 Å². The van der Waals surface area contributed by atoms with Crippen LogP contribution in [0.4, 0.5) is 13.2 Å². The largest absolute Gasteiger partial charge is 0.480 e. The van der Waals surface area contributed by atoms with Crippen molar-refractivity contribution in [2.75, 3.05) is 7.11 Å². The molecule has 2 amide bonds. The molecule has 3 rings (SSSR count). The Morgan fingerprint density at radius 3 is 2.28 bits per heavy atom. The third-order valence-electron chi connectivity index (χ3n) is 5.49. The summed E-state index contributed by atoms with van der Waals surface area (Å²) in [5.41, 5.74) is 2.74. The number of β-lactam (4-membered cyclic amide) rings is 1. The molecular weight excluding hydrogens is 455 g/mol. The molecule has 0 bridgehead atoms. The average molecular weight is 475 g/mol. The first-order valence-corrected chi connectivity index (χ1v) is 10.1. The van der Waals surface area contributed by atoms with Crippen LogP contribution in [0.1, 0.15) is 31.0 Å². The maximum Gasteiger partial charge on any atom is 0.416 e. The number of ether oxygens (including phenoxy) is 1. The highest BCUT2D eigenvalue weighted by Gasteiger charge is 2.76. The van der Waals surface area contributed by atoms with Crippen LogP contribution in [0.5, 0.6) is 0 Å². The number of esters is 1. The number of carboxylic acids is 1. The summed E-state index contributed by atoms with van der Waals surface area (Å²) in [6.45, 7) is 3.17. The van der Waals surface area contributed by atoms with E-state index in [9.17, 15) is 37.5 Å². The second-order valence-electron chi connectivity index (χ2n) is 7.91. The number of nitrogens with two attached hydrogens (primary N) is 1. The minimum absolute atomic E-state index is 0.0157. The van der Waals surface area contributed by atoms with Crippen molar-refractivity contribution < 1.29 is 42.2 Å². The van der Waals surface area contributed by atoms with Gasteiger partial charge < -0.3 is 25.8 Å². The molecule has 9 nitrogen and oxygen atoms in total. The lowest BCUT2D eigenvalue weighted by Gasteiger charge is -2.50. The lowest BCUT2D eigenvalue weighted by Crippen LogP contribution is -2.83. The van der Waals surface area contributed by atoms with Crippen molar-refractivity contribution in [3.05, 3.63) is 35.4 Å². The minimum atomic E-state index is -4.57. The van der Waals surface area contributed by atoms with Gasteiger partial charge in [-0.3, -0.25) is 9.59 Å². The molecular formula is C19H20F3N3O6S. The summed E-state index contributed by atoms with van der Waals surface area (Å²) in [6, 6.07) is 0.781. The number of carbonyl (C=O) groups excluding carboxylic acids is 3. The number of alkyl halides is 3. The highest BCUT2D eigenvalue weighted by molar-refractivity contribution is 8.01. The van der Waals surface area contributed by atoms with Gasteiger partial charge in [0.25, 0.3) is 5.91 Å². The summed E-state index contributed by atoms with van der Waals surface area (Å²) < 4.78 is 42.0. The van der Waals surface area contributed by atoms with Gasteiger partial charge in [-0.15, -0.1) is 11.8 Å². The number of benzene rings is 1. The Balaban J connectivity index is 1.89. The standard InChI is InChI=1S/C19H20F3N3O6S/c1-17(2)11(13(27)28)25-14(29)18(15(25)32-17,16(30)31-3)24-12(26)10(23)8-4-6-9(7-5-8)19(20,21)22/h4-7,10-11,15H,23H2,1-3H3,(H,24,26)(H,27,28)/t10?,11-,15+,18?/m0/s1. The number of aliphatic carboxylic acids is 1. The third-order valence-corrected chi connectivity index (χ3v) is 7.12. The number of nitrogens with zero attached hydrogens (tertiary/aromatic N) is 1. The van der Waals surface area contributed by atoms with Gasteiger partial charge in [0.2, 0.25) is 11.4 Å². The van der Waals surface area contributed by atoms with Crippen molar-refractivity contribution in [1.82, 2.24) is 10.2 Å². The van der Waals surface area contributed by atoms with Crippen LogP contribution < -0.4 is 11.1 Å². The van der Waals surface area contributed by atoms with E-state index in [4.69, 9.17) is 10.5 Å². The molecule has 2 fully saturated rings. The predicted molar refractivity (Wildman–Crippen MR) is 105 cm³/mol. The molecule has 32 heavy (non-hydrogen) atoms. The number of halogens is 3. The van der Waals surface area contributed by atoms with Gasteiger partial charge in [0.05, 0.1) is 12.7 Å². The van der Waals surface area contributed by atoms with Gasteiger partial charge in [-0.1, -0.05) is 12.1 Å². The van der Waals surface area contributed by atoms with Crippen LogP contribution in [0, 0.1) is 0 Å². The first kappa shape index (κ1) is 23.9. The van der Waals surface area contributed by atoms with E-state index in [0.29, 0.717) is 0 Å². The van der Waals surface area contributed by atoms with Crippen LogP contribution in [0.25, 0.3) is 0 Å². The Morgan fingerprint density at radius 2 is 1.81 bits per heavy atom. The van der Waals surface area contributed by atoms with Gasteiger partial charge in [-0.25, -0.2) is 9.59 Å². The number of hydrogen-bond acceptors (Lipinski definition) is 7. The maximum absolute atomic E-state index is 13.0. The van der Waals surface area contributed by atoms with E-state index in [0.717, 1.165) is 48.0 Å². The summed E-state index contributed by atoms with van der Waals surface area (Å²) >= 11 is 1.01. The fourth-order valence-electron chi connectivity index (χ4n) is 3.88. The van der Waals surface area contributed by atoms with Crippen LogP contribution >= 0.6 is 11.8 Å². The van der Waals surface area contributed by atoms with Crippen molar-refractivity contribution in [3.8, 4) is 0 Å². The van der Waals surface area contributed by atoms with Crippen LogP contribution in [0.2, 0.25) is 0 Å². The normalized spacial score (nSPS) is 27.2. The number of amides is 2. The van der Waals surface area contributed by atoms with Crippen molar-refractivity contribution >= 4 is 35.5 Å². The van der Waals surface area contributed by atoms with E-state index >= 15 is 0 Å². The summed E-state index contributed by atoms with van der Waals surface area (Å²) in [5, 5.41) is 10.8. The molecule has 1 aromatic carbocycles. The van der Waals surface area contributed by atoms with Gasteiger partial charge in [-0.2, -0.15) is 13.2 Å². The van der Waals surface area contributed by atoms with E-state index in [1.807, 2.05) is 0 Å². The third kappa shape index (κ3) is 3.48. The topological polar surface area (TPSA) is 139 Å². The minimum Gasteiger partial charge on any atom is -0.480 e. The Kier molecular flexibility index (Phi) is 5.71. The molecule has 0 aliphatic carbocycles. The number of carbonyl (C=O) groups is 4. The highest BCUT2D eigenvalue weighted by Crippen LogP contribution is 2.55. The molecule has 2 aliphatic rings. The van der Waals surface area contributed by atoms with Gasteiger partial charge in [0.1, 0.15) is 17.5 Å². The van der Waals surface area contributed by atoms with Crippen molar-refractivity contribution in [2.24, 2.45) is 5.73 Å². The Bertz CT molecular complexity index is 984.